The van der Waals surface area contributed by atoms with Crippen LogP contribution < -0.4 is 5.32 Å². The van der Waals surface area contributed by atoms with Crippen molar-refractivity contribution in [3.8, 4) is 0 Å². The predicted molar refractivity (Wildman–Crippen MR) is 89.2 cm³/mol. The quantitative estimate of drug-likeness (QED) is 0.918. The molecule has 0 bridgehead atoms. The number of anilines is 1. The lowest BCUT2D eigenvalue weighted by molar-refractivity contribution is 0.103. The average molecular weight is 351 g/mol. The summed E-state index contributed by atoms with van der Waals surface area (Å²) in [6.07, 6.45) is 3.38. The first-order valence-electron chi connectivity index (χ1n) is 7.29. The number of carbonyl (C=O) groups is 1. The van der Waals surface area contributed by atoms with E-state index in [-0.39, 0.29) is 10.8 Å². The van der Waals surface area contributed by atoms with E-state index in [1.807, 2.05) is 13.0 Å². The summed E-state index contributed by atoms with van der Waals surface area (Å²) in [6, 6.07) is 5.03. The van der Waals surface area contributed by atoms with E-state index in [0.717, 1.165) is 29.7 Å². The lowest BCUT2D eigenvalue weighted by atomic mass is 10.3. The molecular formula is C15H17N3O3S2. The lowest BCUT2D eigenvalue weighted by Crippen LogP contribution is -2.27. The standard InChI is InChI=1S/C15H17N3O3S2/c1-11-4-5-16-14(8-11)17-15(19)13-9-12(10-22-13)23(20,21)18-6-2-3-7-18/h4-5,8-10H,2-3,6-7H2,1H3,(H,16,17,19). The van der Waals surface area contributed by atoms with Gasteiger partial charge in [0, 0.05) is 24.7 Å². The minimum absolute atomic E-state index is 0.187. The van der Waals surface area contributed by atoms with Crippen LogP contribution in [0.1, 0.15) is 28.1 Å². The fourth-order valence-electron chi connectivity index (χ4n) is 2.43. The Kier molecular flexibility index (Phi) is 4.47. The summed E-state index contributed by atoms with van der Waals surface area (Å²) in [7, 11) is -3.48. The van der Waals surface area contributed by atoms with E-state index in [4.69, 9.17) is 0 Å². The van der Waals surface area contributed by atoms with Gasteiger partial charge in [-0.05, 0) is 43.5 Å². The SMILES string of the molecule is Cc1ccnc(NC(=O)c2cc(S(=O)(=O)N3CCCC3)cs2)c1. The number of rotatable bonds is 4. The number of pyridine rings is 1. The van der Waals surface area contributed by atoms with Gasteiger partial charge in [-0.3, -0.25) is 4.79 Å². The topological polar surface area (TPSA) is 79.4 Å². The van der Waals surface area contributed by atoms with E-state index >= 15 is 0 Å². The van der Waals surface area contributed by atoms with Crippen molar-refractivity contribution < 1.29 is 13.2 Å². The number of aryl methyl sites for hydroxylation is 1. The molecule has 0 atom stereocenters. The zero-order valence-electron chi connectivity index (χ0n) is 12.7. The molecule has 3 rings (SSSR count). The van der Waals surface area contributed by atoms with Gasteiger partial charge in [0.25, 0.3) is 5.91 Å². The Labute approximate surface area is 139 Å². The minimum atomic E-state index is -3.48. The Hall–Kier alpha value is -1.77. The molecular weight excluding hydrogens is 334 g/mol. The van der Waals surface area contributed by atoms with Crippen LogP contribution in [0.15, 0.2) is 34.7 Å². The molecule has 1 aliphatic rings. The Balaban J connectivity index is 1.77. The van der Waals surface area contributed by atoms with Crippen LogP contribution in [0.4, 0.5) is 5.82 Å². The first-order valence-corrected chi connectivity index (χ1v) is 9.61. The first kappa shape index (κ1) is 16.1. The largest absolute Gasteiger partial charge is 0.306 e. The number of amides is 1. The van der Waals surface area contributed by atoms with Gasteiger partial charge < -0.3 is 5.32 Å². The summed E-state index contributed by atoms with van der Waals surface area (Å²) in [5.41, 5.74) is 0.985. The number of hydrogen-bond acceptors (Lipinski definition) is 5. The van der Waals surface area contributed by atoms with Gasteiger partial charge in [-0.1, -0.05) is 0 Å². The van der Waals surface area contributed by atoms with Crippen molar-refractivity contribution in [3.05, 3.63) is 40.2 Å². The second kappa shape index (κ2) is 6.38. The van der Waals surface area contributed by atoms with Crippen LogP contribution in [0.3, 0.4) is 0 Å². The second-order valence-electron chi connectivity index (χ2n) is 5.43. The average Bonchev–Trinajstić information content (AvgIpc) is 3.19. The van der Waals surface area contributed by atoms with Crippen molar-refractivity contribution in [1.29, 1.82) is 0 Å². The lowest BCUT2D eigenvalue weighted by Gasteiger charge is -2.13. The van der Waals surface area contributed by atoms with Gasteiger partial charge in [0.1, 0.15) is 5.82 Å². The van der Waals surface area contributed by atoms with Crippen LogP contribution in [-0.4, -0.2) is 36.7 Å². The Morgan fingerprint density at radius 3 is 2.74 bits per heavy atom. The number of nitrogens with one attached hydrogen (secondary N) is 1. The Bertz CT molecular complexity index is 824. The van der Waals surface area contributed by atoms with E-state index in [1.165, 1.54) is 15.8 Å². The molecule has 0 unspecified atom stereocenters. The van der Waals surface area contributed by atoms with E-state index < -0.39 is 10.0 Å². The fraction of sp³-hybridized carbons (Fsp3) is 0.333. The summed E-state index contributed by atoms with van der Waals surface area (Å²) in [4.78, 5) is 16.8. The van der Waals surface area contributed by atoms with Gasteiger partial charge in [0.05, 0.1) is 9.77 Å². The number of nitrogens with zero attached hydrogens (tertiary/aromatic N) is 2. The van der Waals surface area contributed by atoms with Crippen LogP contribution in [-0.2, 0) is 10.0 Å². The van der Waals surface area contributed by atoms with Gasteiger partial charge in [-0.2, -0.15) is 4.31 Å². The normalized spacial score (nSPS) is 15.7. The first-order chi connectivity index (χ1) is 11.0. The van der Waals surface area contributed by atoms with Gasteiger partial charge in [-0.25, -0.2) is 13.4 Å². The second-order valence-corrected chi connectivity index (χ2v) is 8.28. The predicted octanol–water partition coefficient (Wildman–Crippen LogP) is 2.49. The van der Waals surface area contributed by atoms with Gasteiger partial charge in [0.15, 0.2) is 0 Å². The van der Waals surface area contributed by atoms with Crippen LogP contribution >= 0.6 is 11.3 Å². The highest BCUT2D eigenvalue weighted by Crippen LogP contribution is 2.25. The van der Waals surface area contributed by atoms with Crippen molar-refractivity contribution in [3.63, 3.8) is 0 Å². The zero-order chi connectivity index (χ0) is 16.4. The maximum Gasteiger partial charge on any atom is 0.266 e. The van der Waals surface area contributed by atoms with Gasteiger partial charge in [0.2, 0.25) is 10.0 Å². The number of sulfonamides is 1. The third kappa shape index (κ3) is 3.44. The minimum Gasteiger partial charge on any atom is -0.306 e. The van der Waals surface area contributed by atoms with E-state index in [0.29, 0.717) is 23.8 Å². The number of hydrogen-bond donors (Lipinski definition) is 1. The maximum atomic E-state index is 12.5. The summed E-state index contributed by atoms with van der Waals surface area (Å²) >= 11 is 1.12. The molecule has 1 saturated heterocycles. The maximum absolute atomic E-state index is 12.5. The smallest absolute Gasteiger partial charge is 0.266 e. The van der Waals surface area contributed by atoms with Crippen LogP contribution in [0.5, 0.6) is 0 Å². The van der Waals surface area contributed by atoms with Crippen molar-refractivity contribution in [2.45, 2.75) is 24.7 Å². The van der Waals surface area contributed by atoms with E-state index in [2.05, 4.69) is 10.3 Å². The highest BCUT2D eigenvalue weighted by atomic mass is 32.2. The van der Waals surface area contributed by atoms with Gasteiger partial charge >= 0.3 is 0 Å². The molecule has 1 aliphatic heterocycles. The van der Waals surface area contributed by atoms with Crippen molar-refractivity contribution in [2.24, 2.45) is 0 Å². The van der Waals surface area contributed by atoms with Gasteiger partial charge in [-0.15, -0.1) is 11.3 Å². The molecule has 0 saturated carbocycles. The molecule has 1 amide bonds. The molecule has 6 nitrogen and oxygen atoms in total. The summed E-state index contributed by atoms with van der Waals surface area (Å²) in [5, 5.41) is 4.21. The third-order valence-corrected chi connectivity index (χ3v) is 6.61. The van der Waals surface area contributed by atoms with E-state index in [1.54, 1.807) is 12.3 Å². The van der Waals surface area contributed by atoms with Crippen LogP contribution in [0, 0.1) is 6.92 Å². The Morgan fingerprint density at radius 1 is 1.30 bits per heavy atom. The van der Waals surface area contributed by atoms with Crippen molar-refractivity contribution in [2.75, 3.05) is 18.4 Å². The Morgan fingerprint density at radius 2 is 2.04 bits per heavy atom. The van der Waals surface area contributed by atoms with Crippen LogP contribution in [0.25, 0.3) is 0 Å². The third-order valence-electron chi connectivity index (χ3n) is 3.66. The summed E-state index contributed by atoms with van der Waals surface area (Å²) in [6.45, 7) is 3.00. The number of carbonyl (C=O) groups excluding carboxylic acids is 1. The molecule has 0 aromatic carbocycles. The molecule has 0 radical (unpaired) electrons. The van der Waals surface area contributed by atoms with E-state index in [9.17, 15) is 13.2 Å². The molecule has 0 spiro atoms. The zero-order valence-corrected chi connectivity index (χ0v) is 14.3. The summed E-state index contributed by atoms with van der Waals surface area (Å²) in [5.74, 6) is 0.100. The number of aromatic nitrogens is 1. The van der Waals surface area contributed by atoms with Crippen molar-refractivity contribution in [1.82, 2.24) is 9.29 Å². The summed E-state index contributed by atoms with van der Waals surface area (Å²) < 4.78 is 26.4. The fourth-order valence-corrected chi connectivity index (χ4v) is 5.11. The monoisotopic (exact) mass is 351 g/mol. The molecule has 2 aromatic rings. The van der Waals surface area contributed by atoms with Crippen LogP contribution in [0.2, 0.25) is 0 Å². The molecule has 1 fully saturated rings. The molecule has 1 N–H and O–H groups in total. The molecule has 8 heteroatoms. The molecule has 2 aromatic heterocycles. The molecule has 23 heavy (non-hydrogen) atoms. The number of thiophene rings is 1. The molecule has 3 heterocycles. The highest BCUT2D eigenvalue weighted by Gasteiger charge is 2.28. The van der Waals surface area contributed by atoms with Crippen molar-refractivity contribution >= 4 is 33.1 Å². The molecule has 122 valence electrons. The molecule has 0 aliphatic carbocycles. The highest BCUT2D eigenvalue weighted by molar-refractivity contribution is 7.89.